The second-order valence-electron chi connectivity index (χ2n) is 10.1. The van der Waals surface area contributed by atoms with Gasteiger partial charge in [-0.2, -0.15) is 0 Å². The Morgan fingerprint density at radius 2 is 1.88 bits per heavy atom. The molecule has 0 heterocycles. The summed E-state index contributed by atoms with van der Waals surface area (Å²) in [4.78, 5) is 23.8. The summed E-state index contributed by atoms with van der Waals surface area (Å²) < 4.78 is 5.19. The van der Waals surface area contributed by atoms with Gasteiger partial charge in [0.2, 0.25) is 0 Å². The number of unbranched alkanes of at least 4 members (excludes halogenated alkanes) is 4. The van der Waals surface area contributed by atoms with Gasteiger partial charge in [0, 0.05) is 25.4 Å². The Balaban J connectivity index is 2.41. The molecule has 32 heavy (non-hydrogen) atoms. The minimum absolute atomic E-state index is 0.0154. The minimum Gasteiger partial charge on any atom is -0.477 e. The summed E-state index contributed by atoms with van der Waals surface area (Å²) >= 11 is 0. The van der Waals surface area contributed by atoms with Gasteiger partial charge in [-0.25, -0.2) is 4.79 Å². The van der Waals surface area contributed by atoms with Crippen LogP contribution in [0.5, 0.6) is 0 Å². The van der Waals surface area contributed by atoms with Crippen molar-refractivity contribution in [3.63, 3.8) is 0 Å². The fraction of sp³-hybridized carbons (Fsp3) is 0.846. The monoisotopic (exact) mass is 454 g/mol. The molecule has 0 aromatic heterocycles. The summed E-state index contributed by atoms with van der Waals surface area (Å²) in [6.07, 6.45) is 14.8. The van der Waals surface area contributed by atoms with Gasteiger partial charge >= 0.3 is 5.97 Å². The maximum Gasteiger partial charge on any atom is 0.364 e. The maximum atomic E-state index is 12.4. The van der Waals surface area contributed by atoms with Crippen LogP contribution in [0.25, 0.3) is 0 Å². The molecule has 0 amide bonds. The molecule has 1 aliphatic carbocycles. The molecular formula is C26H46O6. The van der Waals surface area contributed by atoms with Crippen LogP contribution in [0.2, 0.25) is 0 Å². The van der Waals surface area contributed by atoms with Gasteiger partial charge in [-0.1, -0.05) is 58.6 Å². The summed E-state index contributed by atoms with van der Waals surface area (Å²) in [5.74, 6) is -2.82. The zero-order valence-electron chi connectivity index (χ0n) is 20.5. The molecule has 3 N–H and O–H groups in total. The lowest BCUT2D eigenvalue weighted by Gasteiger charge is -2.24. The van der Waals surface area contributed by atoms with Crippen LogP contribution in [-0.2, 0) is 14.3 Å². The number of carbonyl (C=O) groups is 2. The van der Waals surface area contributed by atoms with Crippen LogP contribution < -0.4 is 0 Å². The zero-order valence-corrected chi connectivity index (χ0v) is 20.5. The van der Waals surface area contributed by atoms with Gasteiger partial charge in [-0.05, 0) is 56.3 Å². The molecule has 0 radical (unpaired) electrons. The lowest BCUT2D eigenvalue weighted by Crippen LogP contribution is -2.41. The molecule has 1 fully saturated rings. The largest absolute Gasteiger partial charge is 0.477 e. The highest BCUT2D eigenvalue weighted by molar-refractivity contribution is 5.83. The van der Waals surface area contributed by atoms with E-state index in [4.69, 9.17) is 9.84 Å². The molecule has 0 saturated heterocycles. The summed E-state index contributed by atoms with van der Waals surface area (Å²) in [7, 11) is 0. The van der Waals surface area contributed by atoms with Crippen molar-refractivity contribution in [2.24, 2.45) is 17.3 Å². The minimum atomic E-state index is -2.17. The van der Waals surface area contributed by atoms with Gasteiger partial charge in [0.15, 0.2) is 0 Å². The van der Waals surface area contributed by atoms with E-state index in [-0.39, 0.29) is 25.6 Å². The standard InChI is InChI=1S/C26H46O6/c1-4-5-16-25(2,3)17-11-12-21-14-15-23(28)22(21)13-7-6-8-18-26(31,24(29)30)32-20-10-9-19-27/h11-12,21-22,27,31H,4-10,13-20H2,1-3H3,(H,29,30)/t21-,22+,26?/m0/s1. The Kier molecular flexibility index (Phi) is 13.3. The van der Waals surface area contributed by atoms with Crippen LogP contribution in [0, 0.1) is 17.3 Å². The second kappa shape index (κ2) is 14.8. The van der Waals surface area contributed by atoms with E-state index in [2.05, 4.69) is 32.9 Å². The Morgan fingerprint density at radius 1 is 1.12 bits per heavy atom. The van der Waals surface area contributed by atoms with Gasteiger partial charge in [0.25, 0.3) is 5.79 Å². The zero-order chi connectivity index (χ0) is 24.0. The molecule has 186 valence electrons. The Hall–Kier alpha value is -1.24. The highest BCUT2D eigenvalue weighted by atomic mass is 16.6. The van der Waals surface area contributed by atoms with E-state index >= 15 is 0 Å². The van der Waals surface area contributed by atoms with E-state index in [1.165, 1.54) is 19.3 Å². The number of hydrogen-bond donors (Lipinski definition) is 3. The van der Waals surface area contributed by atoms with E-state index in [0.29, 0.717) is 42.8 Å². The van der Waals surface area contributed by atoms with Crippen molar-refractivity contribution in [1.82, 2.24) is 0 Å². The lowest BCUT2D eigenvalue weighted by atomic mass is 9.83. The summed E-state index contributed by atoms with van der Waals surface area (Å²) in [5.41, 5.74) is 0.297. The fourth-order valence-corrected chi connectivity index (χ4v) is 4.46. The molecule has 1 aliphatic rings. The molecule has 3 atom stereocenters. The normalized spacial score (nSPS) is 21.3. The Labute approximate surface area is 194 Å². The van der Waals surface area contributed by atoms with Crippen molar-refractivity contribution < 1.29 is 29.6 Å². The molecule has 0 spiro atoms. The quantitative estimate of drug-likeness (QED) is 0.148. The first-order chi connectivity index (χ1) is 15.1. The first kappa shape index (κ1) is 28.8. The summed E-state index contributed by atoms with van der Waals surface area (Å²) in [6.45, 7) is 6.94. The second-order valence-corrected chi connectivity index (χ2v) is 10.1. The number of aliphatic hydroxyl groups excluding tert-OH is 1. The summed E-state index contributed by atoms with van der Waals surface area (Å²) in [6, 6.07) is 0. The van der Waals surface area contributed by atoms with Crippen molar-refractivity contribution in [1.29, 1.82) is 0 Å². The average Bonchev–Trinajstić information content (AvgIpc) is 3.09. The molecule has 1 unspecified atom stereocenters. The van der Waals surface area contributed by atoms with Crippen LogP contribution in [0.1, 0.15) is 104 Å². The predicted octanol–water partition coefficient (Wildman–Crippen LogP) is 5.26. The van der Waals surface area contributed by atoms with E-state index in [9.17, 15) is 19.8 Å². The number of aliphatic hydroxyl groups is 2. The lowest BCUT2D eigenvalue weighted by molar-refractivity contribution is -0.226. The van der Waals surface area contributed by atoms with Crippen molar-refractivity contribution in [3.05, 3.63) is 12.2 Å². The molecule has 0 aromatic carbocycles. The number of carboxylic acids is 1. The third kappa shape index (κ3) is 10.6. The average molecular weight is 455 g/mol. The van der Waals surface area contributed by atoms with Crippen molar-refractivity contribution in [3.8, 4) is 0 Å². The van der Waals surface area contributed by atoms with E-state index < -0.39 is 11.8 Å². The highest BCUT2D eigenvalue weighted by Gasteiger charge is 2.37. The molecule has 6 nitrogen and oxygen atoms in total. The Bertz CT molecular complexity index is 585. The number of ether oxygens (including phenoxy) is 1. The molecule has 1 saturated carbocycles. The molecule has 0 aliphatic heterocycles. The van der Waals surface area contributed by atoms with Crippen LogP contribution >= 0.6 is 0 Å². The van der Waals surface area contributed by atoms with E-state index in [0.717, 1.165) is 32.1 Å². The molecular weight excluding hydrogens is 408 g/mol. The maximum absolute atomic E-state index is 12.4. The number of hydrogen-bond acceptors (Lipinski definition) is 5. The summed E-state index contributed by atoms with van der Waals surface area (Å²) in [5, 5.41) is 28.3. The van der Waals surface area contributed by atoms with Crippen LogP contribution in [-0.4, -0.2) is 46.1 Å². The number of carbonyl (C=O) groups excluding carboxylic acids is 1. The molecule has 6 heteroatoms. The highest BCUT2D eigenvalue weighted by Crippen LogP contribution is 2.35. The number of ketones is 1. The number of carboxylic acid groups (broad SMARTS) is 1. The number of allylic oxidation sites excluding steroid dienone is 2. The van der Waals surface area contributed by atoms with E-state index in [1.54, 1.807) is 0 Å². The van der Waals surface area contributed by atoms with Gasteiger partial charge in [-0.3, -0.25) is 4.79 Å². The SMILES string of the molecule is CCCCC(C)(C)CC=C[C@H]1CCC(=O)[C@@H]1CCCCCC(O)(OCCCCO)C(=O)O. The van der Waals surface area contributed by atoms with Gasteiger partial charge in [-0.15, -0.1) is 0 Å². The first-order valence-corrected chi connectivity index (χ1v) is 12.5. The van der Waals surface area contributed by atoms with Gasteiger partial charge in [0.1, 0.15) is 5.78 Å². The number of rotatable bonds is 18. The van der Waals surface area contributed by atoms with Crippen LogP contribution in [0.4, 0.5) is 0 Å². The van der Waals surface area contributed by atoms with Crippen molar-refractivity contribution in [2.45, 2.75) is 110 Å². The van der Waals surface area contributed by atoms with Gasteiger partial charge < -0.3 is 20.1 Å². The van der Waals surface area contributed by atoms with Crippen LogP contribution in [0.3, 0.4) is 0 Å². The van der Waals surface area contributed by atoms with E-state index in [1.807, 2.05) is 0 Å². The van der Waals surface area contributed by atoms with Crippen molar-refractivity contribution in [2.75, 3.05) is 13.2 Å². The molecule has 0 aromatic rings. The number of Topliss-reactive ketones (excluding diaryl/α,β-unsaturated/α-hetero) is 1. The fourth-order valence-electron chi connectivity index (χ4n) is 4.46. The predicted molar refractivity (Wildman–Crippen MR) is 126 cm³/mol. The van der Waals surface area contributed by atoms with Crippen molar-refractivity contribution >= 4 is 11.8 Å². The molecule has 1 rings (SSSR count). The third-order valence-corrected chi connectivity index (χ3v) is 6.67. The Morgan fingerprint density at radius 3 is 2.53 bits per heavy atom. The molecule has 0 bridgehead atoms. The van der Waals surface area contributed by atoms with Crippen LogP contribution in [0.15, 0.2) is 12.2 Å². The third-order valence-electron chi connectivity index (χ3n) is 6.67. The smallest absolute Gasteiger partial charge is 0.364 e. The van der Waals surface area contributed by atoms with Gasteiger partial charge in [0.05, 0.1) is 6.61 Å². The topological polar surface area (TPSA) is 104 Å². The number of aliphatic carboxylic acids is 1. The first-order valence-electron chi connectivity index (χ1n) is 12.5.